The largest absolute Gasteiger partial charge is 0.478 e. The van der Waals surface area contributed by atoms with Crippen LogP contribution in [0.15, 0.2) is 73.9 Å². The molecule has 0 bridgehead atoms. The Kier molecular flexibility index (Phi) is 24.0. The number of aliphatic carboxylic acids is 1. The van der Waals surface area contributed by atoms with Crippen molar-refractivity contribution in [2.45, 2.75) is 46.6 Å². The Balaban J connectivity index is -0.000000369. The van der Waals surface area contributed by atoms with Crippen LogP contribution in [-0.4, -0.2) is 47.4 Å². The average molecular weight is 463 g/mol. The van der Waals surface area contributed by atoms with E-state index in [2.05, 4.69) is 35.8 Å². The number of carbonyl (C=O) groups is 3. The molecule has 184 valence electrons. The van der Waals surface area contributed by atoms with Crippen molar-refractivity contribution in [2.24, 2.45) is 0 Å². The molecule has 0 saturated heterocycles. The number of aliphatic hydroxyl groups is 1. The quantitative estimate of drug-likeness (QED) is 0.302. The first-order chi connectivity index (χ1) is 15.4. The number of esters is 2. The van der Waals surface area contributed by atoms with Gasteiger partial charge >= 0.3 is 17.9 Å². The second-order valence-corrected chi connectivity index (χ2v) is 6.65. The topological polar surface area (TPSA) is 110 Å². The van der Waals surface area contributed by atoms with Gasteiger partial charge in [0.25, 0.3) is 0 Å². The first-order valence-corrected chi connectivity index (χ1v) is 10.3. The van der Waals surface area contributed by atoms with E-state index in [4.69, 9.17) is 10.2 Å². The highest BCUT2D eigenvalue weighted by Gasteiger charge is 2.03. The highest BCUT2D eigenvalue weighted by atomic mass is 16.5. The lowest BCUT2D eigenvalue weighted by atomic mass is 10.2. The van der Waals surface area contributed by atoms with Gasteiger partial charge in [-0.3, -0.25) is 0 Å². The van der Waals surface area contributed by atoms with Gasteiger partial charge in [0, 0.05) is 17.2 Å². The molecule has 2 N–H and O–H groups in total. The summed E-state index contributed by atoms with van der Waals surface area (Å²) in [5, 5.41) is 16.6. The Morgan fingerprint density at radius 1 is 1.03 bits per heavy atom. The van der Waals surface area contributed by atoms with Crippen LogP contribution in [0.3, 0.4) is 0 Å². The Bertz CT molecular complexity index is 722. The summed E-state index contributed by atoms with van der Waals surface area (Å²) in [6.07, 6.45) is 4.38. The zero-order valence-corrected chi connectivity index (χ0v) is 20.2. The number of benzene rings is 1. The van der Waals surface area contributed by atoms with Crippen LogP contribution in [0.5, 0.6) is 0 Å². The number of hydrogen-bond acceptors (Lipinski definition) is 6. The van der Waals surface area contributed by atoms with E-state index in [-0.39, 0.29) is 18.1 Å². The number of ether oxygens (including phenoxy) is 2. The molecule has 0 aliphatic carbocycles. The molecule has 7 heteroatoms. The lowest BCUT2D eigenvalue weighted by Crippen LogP contribution is -2.15. The van der Waals surface area contributed by atoms with E-state index in [1.807, 2.05) is 43.3 Å². The van der Waals surface area contributed by atoms with E-state index >= 15 is 0 Å². The van der Waals surface area contributed by atoms with Crippen molar-refractivity contribution >= 4 is 24.0 Å². The van der Waals surface area contributed by atoms with Gasteiger partial charge in [-0.05, 0) is 32.8 Å². The Morgan fingerprint density at radius 2 is 1.55 bits per heavy atom. The number of carboxylic acid groups (broad SMARTS) is 1. The number of hydrogen-bond donors (Lipinski definition) is 2. The third-order valence-electron chi connectivity index (χ3n) is 3.11. The molecule has 1 aromatic carbocycles. The van der Waals surface area contributed by atoms with Crippen molar-refractivity contribution in [1.82, 2.24) is 0 Å². The van der Waals surface area contributed by atoms with Gasteiger partial charge in [0.1, 0.15) is 6.61 Å². The first-order valence-electron chi connectivity index (χ1n) is 10.3. The molecule has 1 unspecified atom stereocenters. The Labute approximate surface area is 197 Å². The summed E-state index contributed by atoms with van der Waals surface area (Å²) in [6.45, 7) is 20.6. The van der Waals surface area contributed by atoms with E-state index in [0.717, 1.165) is 12.8 Å². The Morgan fingerprint density at radius 3 is 1.85 bits per heavy atom. The van der Waals surface area contributed by atoms with Gasteiger partial charge in [-0.1, -0.05) is 76.1 Å². The number of rotatable bonds is 9. The van der Waals surface area contributed by atoms with E-state index in [1.165, 1.54) is 18.6 Å². The van der Waals surface area contributed by atoms with Crippen LogP contribution in [0, 0.1) is 0 Å². The lowest BCUT2D eigenvalue weighted by Gasteiger charge is -2.04. The fourth-order valence-electron chi connectivity index (χ4n) is 1.28. The molecule has 1 aromatic rings. The predicted octanol–water partition coefficient (Wildman–Crippen LogP) is 4.98. The van der Waals surface area contributed by atoms with Crippen molar-refractivity contribution in [3.8, 4) is 0 Å². The summed E-state index contributed by atoms with van der Waals surface area (Å²) in [5.74, 6) is -1.72. The third kappa shape index (κ3) is 28.6. The molecule has 0 amide bonds. The van der Waals surface area contributed by atoms with Gasteiger partial charge in [0.05, 0.1) is 12.7 Å². The normalized spacial score (nSPS) is 9.48. The van der Waals surface area contributed by atoms with Gasteiger partial charge < -0.3 is 19.7 Å². The molecule has 0 fully saturated rings. The smallest absolute Gasteiger partial charge is 0.333 e. The molecule has 7 nitrogen and oxygen atoms in total. The van der Waals surface area contributed by atoms with Gasteiger partial charge in [-0.25, -0.2) is 14.4 Å². The van der Waals surface area contributed by atoms with Crippen LogP contribution in [0.2, 0.25) is 0 Å². The molecule has 0 spiro atoms. The van der Waals surface area contributed by atoms with Crippen LogP contribution in [0.25, 0.3) is 6.08 Å². The van der Waals surface area contributed by atoms with E-state index < -0.39 is 18.0 Å². The number of aliphatic hydroxyl groups excluding tert-OH is 1. The minimum atomic E-state index is -0.935. The third-order valence-corrected chi connectivity index (χ3v) is 3.11. The fraction of sp³-hybridized carbons (Fsp3) is 0.346. The highest BCUT2D eigenvalue weighted by Crippen LogP contribution is 1.97. The second kappa shape index (κ2) is 23.2. The molecule has 0 aliphatic rings. The van der Waals surface area contributed by atoms with Crippen molar-refractivity contribution in [3.63, 3.8) is 0 Å². The molecular formula is C26H38O7. The van der Waals surface area contributed by atoms with E-state index in [0.29, 0.717) is 12.2 Å². The minimum Gasteiger partial charge on any atom is -0.478 e. The molecule has 0 aliphatic heterocycles. The first kappa shape index (κ1) is 34.2. The van der Waals surface area contributed by atoms with Gasteiger partial charge in [0.15, 0.2) is 0 Å². The summed E-state index contributed by atoms with van der Waals surface area (Å²) in [4.78, 5) is 30.6. The summed E-state index contributed by atoms with van der Waals surface area (Å²) in [7, 11) is 0. The molecule has 0 radical (unpaired) electrons. The SMILES string of the molecule is C=C(C)C(=O)O.C=C(C)C(=O)OCC(C)O.C=CC(=O)OCCCC.C=Cc1ccccc1. The minimum absolute atomic E-state index is 0.0334. The predicted molar refractivity (Wildman–Crippen MR) is 133 cm³/mol. The standard InChI is InChI=1S/C8H8.C7H12O3.C7H12O2.C4H6O2/c1-2-8-6-4-3-5-7-8;1-5(2)7(9)10-4-6(3)8;1-3-5-6-9-7(8)4-2;1-3(2)4(5)6/h2-7H,1H2;6,8H,1,4H2,2-3H3;4H,2-3,5-6H2,1H3;1H2,2H3,(H,5,6). The van der Waals surface area contributed by atoms with Gasteiger partial charge in [0.2, 0.25) is 0 Å². The van der Waals surface area contributed by atoms with Crippen molar-refractivity contribution in [2.75, 3.05) is 13.2 Å². The lowest BCUT2D eigenvalue weighted by molar-refractivity contribution is -0.141. The maximum Gasteiger partial charge on any atom is 0.333 e. The molecule has 0 heterocycles. The van der Waals surface area contributed by atoms with Gasteiger partial charge in [-0.15, -0.1) is 0 Å². The molecular weight excluding hydrogens is 424 g/mol. The number of carboxylic acids is 1. The number of unbranched alkanes of at least 4 members (excludes halogenated alkanes) is 1. The van der Waals surface area contributed by atoms with Crippen LogP contribution >= 0.6 is 0 Å². The summed E-state index contributed by atoms with van der Waals surface area (Å²) < 4.78 is 9.25. The van der Waals surface area contributed by atoms with Crippen LogP contribution < -0.4 is 0 Å². The summed E-state index contributed by atoms with van der Waals surface area (Å²) in [5.41, 5.74) is 1.70. The van der Waals surface area contributed by atoms with E-state index in [9.17, 15) is 14.4 Å². The summed E-state index contributed by atoms with van der Waals surface area (Å²) in [6, 6.07) is 10.0. The molecule has 1 atom stereocenters. The summed E-state index contributed by atoms with van der Waals surface area (Å²) >= 11 is 0. The molecule has 0 saturated carbocycles. The zero-order chi connectivity index (χ0) is 26.2. The second-order valence-electron chi connectivity index (χ2n) is 6.65. The van der Waals surface area contributed by atoms with Crippen LogP contribution in [0.1, 0.15) is 46.1 Å². The zero-order valence-electron chi connectivity index (χ0n) is 20.2. The molecule has 33 heavy (non-hydrogen) atoms. The Hall–Kier alpha value is -3.45. The van der Waals surface area contributed by atoms with Crippen LogP contribution in [-0.2, 0) is 23.9 Å². The fourth-order valence-corrected chi connectivity index (χ4v) is 1.28. The monoisotopic (exact) mass is 462 g/mol. The average Bonchev–Trinajstić information content (AvgIpc) is 2.79. The molecule has 1 rings (SSSR count). The van der Waals surface area contributed by atoms with Gasteiger partial charge in [-0.2, -0.15) is 0 Å². The maximum atomic E-state index is 10.6. The van der Waals surface area contributed by atoms with Crippen molar-refractivity contribution < 1.29 is 34.1 Å². The van der Waals surface area contributed by atoms with Crippen molar-refractivity contribution in [3.05, 3.63) is 79.4 Å². The maximum absolute atomic E-state index is 10.6. The van der Waals surface area contributed by atoms with Crippen LogP contribution in [0.4, 0.5) is 0 Å². The highest BCUT2D eigenvalue weighted by molar-refractivity contribution is 5.87. The van der Waals surface area contributed by atoms with Crippen molar-refractivity contribution in [1.29, 1.82) is 0 Å². The van der Waals surface area contributed by atoms with E-state index in [1.54, 1.807) is 13.8 Å². The number of carbonyl (C=O) groups excluding carboxylic acids is 2. The molecule has 0 aromatic heterocycles.